The van der Waals surface area contributed by atoms with Gasteiger partial charge in [-0.2, -0.15) is 18.3 Å². The Morgan fingerprint density at radius 3 is 2.39 bits per heavy atom. The van der Waals surface area contributed by atoms with Crippen molar-refractivity contribution in [3.8, 4) is 0 Å². The van der Waals surface area contributed by atoms with E-state index >= 15 is 0 Å². The minimum Gasteiger partial charge on any atom is -0.312 e. The maximum atomic E-state index is 12.0. The molecule has 1 aromatic heterocycles. The average Bonchev–Trinajstić information content (AvgIpc) is 2.52. The molecule has 1 aromatic rings. The largest absolute Gasteiger partial charge is 0.390 e. The van der Waals surface area contributed by atoms with Gasteiger partial charge in [0.1, 0.15) is 0 Å². The predicted octanol–water partition coefficient (Wildman–Crippen LogP) is 2.76. The van der Waals surface area contributed by atoms with E-state index in [0.29, 0.717) is 6.54 Å². The molecule has 1 N–H and O–H groups in total. The molecular formula is C12H20F3N3. The summed E-state index contributed by atoms with van der Waals surface area (Å²) in [6, 6.07) is 0. The summed E-state index contributed by atoms with van der Waals surface area (Å²) in [5.41, 5.74) is 1.76. The summed E-state index contributed by atoms with van der Waals surface area (Å²) in [5, 5.41) is 7.17. The molecule has 0 spiro atoms. The number of aryl methyl sites for hydroxylation is 1. The first-order chi connectivity index (χ1) is 8.09. The third-order valence-electron chi connectivity index (χ3n) is 2.52. The number of nitrogens with one attached hydrogen (secondary N) is 1. The Bertz CT molecular complexity index is 388. The second-order valence-electron chi connectivity index (χ2n) is 5.47. The number of hydrogen-bond acceptors (Lipinski definition) is 2. The van der Waals surface area contributed by atoms with Crippen molar-refractivity contribution in [2.75, 3.05) is 6.54 Å². The number of rotatable bonds is 4. The standard InChI is InChI=1S/C12H20F3N3/c1-11(2,3)10-9(8-18(4)17-10)7-16-6-5-12(13,14)15/h8,16H,5-7H2,1-4H3. The van der Waals surface area contributed by atoms with Gasteiger partial charge in [0.15, 0.2) is 0 Å². The van der Waals surface area contributed by atoms with Crippen LogP contribution in [0.15, 0.2) is 6.20 Å². The Labute approximate surface area is 105 Å². The van der Waals surface area contributed by atoms with E-state index < -0.39 is 12.6 Å². The molecule has 0 atom stereocenters. The fourth-order valence-electron chi connectivity index (χ4n) is 1.75. The summed E-state index contributed by atoms with van der Waals surface area (Å²) in [4.78, 5) is 0. The Hall–Kier alpha value is -1.04. The highest BCUT2D eigenvalue weighted by molar-refractivity contribution is 5.23. The van der Waals surface area contributed by atoms with Crippen LogP contribution in [0, 0.1) is 0 Å². The topological polar surface area (TPSA) is 29.9 Å². The molecular weight excluding hydrogens is 243 g/mol. The van der Waals surface area contributed by atoms with Crippen molar-refractivity contribution < 1.29 is 13.2 Å². The van der Waals surface area contributed by atoms with Crippen molar-refractivity contribution in [1.82, 2.24) is 15.1 Å². The van der Waals surface area contributed by atoms with Gasteiger partial charge in [0.2, 0.25) is 0 Å². The van der Waals surface area contributed by atoms with E-state index in [1.165, 1.54) is 0 Å². The second kappa shape index (κ2) is 5.30. The highest BCUT2D eigenvalue weighted by atomic mass is 19.4. The molecule has 0 fully saturated rings. The Balaban J connectivity index is 2.58. The van der Waals surface area contributed by atoms with Gasteiger partial charge in [-0.1, -0.05) is 20.8 Å². The predicted molar refractivity (Wildman–Crippen MR) is 64.3 cm³/mol. The van der Waals surface area contributed by atoms with Crippen LogP contribution in [0.25, 0.3) is 0 Å². The van der Waals surface area contributed by atoms with Gasteiger partial charge < -0.3 is 5.32 Å². The number of alkyl halides is 3. The molecule has 0 amide bonds. The molecule has 0 aliphatic heterocycles. The zero-order chi connectivity index (χ0) is 14.0. The molecule has 0 saturated heterocycles. The van der Waals surface area contributed by atoms with Crippen LogP contribution in [-0.4, -0.2) is 22.5 Å². The van der Waals surface area contributed by atoms with Crippen molar-refractivity contribution in [3.63, 3.8) is 0 Å². The molecule has 0 unspecified atom stereocenters. The number of aromatic nitrogens is 2. The van der Waals surface area contributed by atoms with E-state index in [1.54, 1.807) is 4.68 Å². The first-order valence-corrected chi connectivity index (χ1v) is 5.90. The van der Waals surface area contributed by atoms with E-state index in [9.17, 15) is 13.2 Å². The van der Waals surface area contributed by atoms with E-state index in [-0.39, 0.29) is 12.0 Å². The molecule has 0 radical (unpaired) electrons. The Morgan fingerprint density at radius 2 is 1.89 bits per heavy atom. The van der Waals surface area contributed by atoms with Crippen LogP contribution in [0.3, 0.4) is 0 Å². The maximum Gasteiger partial charge on any atom is 0.390 e. The lowest BCUT2D eigenvalue weighted by atomic mass is 9.89. The maximum absolute atomic E-state index is 12.0. The van der Waals surface area contributed by atoms with Gasteiger partial charge in [0.25, 0.3) is 0 Å². The smallest absolute Gasteiger partial charge is 0.312 e. The van der Waals surface area contributed by atoms with Crippen LogP contribution < -0.4 is 5.32 Å². The van der Waals surface area contributed by atoms with Crippen LogP contribution in [0.4, 0.5) is 13.2 Å². The van der Waals surface area contributed by atoms with Crippen molar-refractivity contribution in [2.45, 2.75) is 45.3 Å². The van der Waals surface area contributed by atoms with E-state index in [4.69, 9.17) is 0 Å². The molecule has 0 aromatic carbocycles. The van der Waals surface area contributed by atoms with E-state index in [2.05, 4.69) is 10.4 Å². The van der Waals surface area contributed by atoms with Gasteiger partial charge in [-0.15, -0.1) is 0 Å². The van der Waals surface area contributed by atoms with Crippen LogP contribution >= 0.6 is 0 Å². The van der Waals surface area contributed by atoms with Crippen molar-refractivity contribution in [2.24, 2.45) is 7.05 Å². The molecule has 6 heteroatoms. The molecule has 0 saturated carbocycles. The summed E-state index contributed by atoms with van der Waals surface area (Å²) in [6.07, 6.45) is -3.06. The average molecular weight is 263 g/mol. The van der Waals surface area contributed by atoms with Crippen molar-refractivity contribution in [3.05, 3.63) is 17.5 Å². The van der Waals surface area contributed by atoms with Gasteiger partial charge in [-0.05, 0) is 0 Å². The minimum absolute atomic E-state index is 0.0675. The van der Waals surface area contributed by atoms with E-state index in [1.807, 2.05) is 34.0 Å². The molecule has 18 heavy (non-hydrogen) atoms. The third-order valence-corrected chi connectivity index (χ3v) is 2.52. The van der Waals surface area contributed by atoms with Crippen LogP contribution in [0.5, 0.6) is 0 Å². The molecule has 0 aliphatic carbocycles. The van der Waals surface area contributed by atoms with Gasteiger partial charge in [0.05, 0.1) is 12.1 Å². The second-order valence-corrected chi connectivity index (χ2v) is 5.47. The molecule has 3 nitrogen and oxygen atoms in total. The lowest BCUT2D eigenvalue weighted by Crippen LogP contribution is -2.23. The normalized spacial score (nSPS) is 13.1. The van der Waals surface area contributed by atoms with E-state index in [0.717, 1.165) is 11.3 Å². The third kappa shape index (κ3) is 4.68. The van der Waals surface area contributed by atoms with Gasteiger partial charge in [0, 0.05) is 37.3 Å². The fraction of sp³-hybridized carbons (Fsp3) is 0.750. The zero-order valence-corrected chi connectivity index (χ0v) is 11.2. The highest BCUT2D eigenvalue weighted by Gasteiger charge is 2.26. The highest BCUT2D eigenvalue weighted by Crippen LogP contribution is 2.24. The first kappa shape index (κ1) is 15.0. The lowest BCUT2D eigenvalue weighted by Gasteiger charge is -2.17. The fourth-order valence-corrected chi connectivity index (χ4v) is 1.75. The Kier molecular flexibility index (Phi) is 4.42. The minimum atomic E-state index is -4.10. The van der Waals surface area contributed by atoms with Crippen molar-refractivity contribution in [1.29, 1.82) is 0 Å². The molecule has 1 heterocycles. The van der Waals surface area contributed by atoms with Crippen molar-refractivity contribution >= 4 is 0 Å². The summed E-state index contributed by atoms with van der Waals surface area (Å²) >= 11 is 0. The molecule has 1 rings (SSSR count). The monoisotopic (exact) mass is 263 g/mol. The zero-order valence-electron chi connectivity index (χ0n) is 11.2. The van der Waals surface area contributed by atoms with Gasteiger partial charge >= 0.3 is 6.18 Å². The molecule has 0 bridgehead atoms. The molecule has 104 valence electrons. The first-order valence-electron chi connectivity index (χ1n) is 5.90. The van der Waals surface area contributed by atoms with Gasteiger partial charge in [-0.25, -0.2) is 0 Å². The number of halogens is 3. The summed E-state index contributed by atoms with van der Waals surface area (Å²) in [5.74, 6) is 0. The molecule has 0 aliphatic rings. The Morgan fingerprint density at radius 1 is 1.28 bits per heavy atom. The summed E-state index contributed by atoms with van der Waals surface area (Å²) in [7, 11) is 1.81. The van der Waals surface area contributed by atoms with Crippen LogP contribution in [0.1, 0.15) is 38.4 Å². The van der Waals surface area contributed by atoms with Gasteiger partial charge in [-0.3, -0.25) is 4.68 Å². The lowest BCUT2D eigenvalue weighted by molar-refractivity contribution is -0.133. The quantitative estimate of drug-likeness (QED) is 0.846. The summed E-state index contributed by atoms with van der Waals surface area (Å²) in [6.45, 7) is 6.45. The van der Waals surface area contributed by atoms with Crippen LogP contribution in [0.2, 0.25) is 0 Å². The number of hydrogen-bond donors (Lipinski definition) is 1. The number of nitrogens with zero attached hydrogens (tertiary/aromatic N) is 2. The van der Waals surface area contributed by atoms with Crippen LogP contribution in [-0.2, 0) is 19.0 Å². The summed E-state index contributed by atoms with van der Waals surface area (Å²) < 4.78 is 37.7. The SMILES string of the molecule is Cn1cc(CNCCC(F)(F)F)c(C(C)(C)C)n1.